The third-order valence-corrected chi connectivity index (χ3v) is 9.57. The number of aromatic nitrogens is 1. The predicted molar refractivity (Wildman–Crippen MR) is 175 cm³/mol. The number of hydrogen-bond acceptors (Lipinski definition) is 9. The highest BCUT2D eigenvalue weighted by Gasteiger charge is 2.24. The maximum absolute atomic E-state index is 12.7. The smallest absolute Gasteiger partial charge is 0.411 e. The van der Waals surface area contributed by atoms with Crippen LogP contribution in [-0.2, 0) is 21.3 Å². The number of sulfonamides is 1. The van der Waals surface area contributed by atoms with E-state index in [9.17, 15) is 18.0 Å². The summed E-state index contributed by atoms with van der Waals surface area (Å²) in [6.45, 7) is 6.31. The Labute approximate surface area is 265 Å². The lowest BCUT2D eigenvalue weighted by Gasteiger charge is -2.33. The first-order valence-corrected chi connectivity index (χ1v) is 17.3. The van der Waals surface area contributed by atoms with Crippen LogP contribution >= 0.6 is 0 Å². The number of likely N-dealkylation sites (tertiary alicyclic amines) is 1. The van der Waals surface area contributed by atoms with Crippen molar-refractivity contribution in [1.29, 1.82) is 0 Å². The third kappa shape index (κ3) is 9.65. The van der Waals surface area contributed by atoms with Gasteiger partial charge in [0.1, 0.15) is 11.8 Å². The van der Waals surface area contributed by atoms with Crippen LogP contribution in [0, 0.1) is 0 Å². The van der Waals surface area contributed by atoms with Crippen LogP contribution < -0.4 is 10.6 Å². The molecular formula is C33H42N6O5S. The van der Waals surface area contributed by atoms with Crippen molar-refractivity contribution in [2.75, 3.05) is 70.5 Å². The summed E-state index contributed by atoms with van der Waals surface area (Å²) in [6.07, 6.45) is 3.92. The highest BCUT2D eigenvalue weighted by atomic mass is 32.2. The van der Waals surface area contributed by atoms with Gasteiger partial charge >= 0.3 is 6.09 Å². The molecule has 0 bridgehead atoms. The molecule has 2 N–H and O–H groups in total. The van der Waals surface area contributed by atoms with Gasteiger partial charge in [-0.25, -0.2) is 13.2 Å². The molecule has 0 atom stereocenters. The number of nitrogens with zero attached hydrogens (tertiary/aromatic N) is 4. The van der Waals surface area contributed by atoms with Gasteiger partial charge in [-0.05, 0) is 36.1 Å². The normalized spacial score (nSPS) is 17.2. The molecule has 0 saturated carbocycles. The van der Waals surface area contributed by atoms with Crippen LogP contribution in [0.25, 0.3) is 11.1 Å². The highest BCUT2D eigenvalue weighted by molar-refractivity contribution is 7.88. The van der Waals surface area contributed by atoms with E-state index < -0.39 is 16.1 Å². The molecule has 11 nitrogen and oxygen atoms in total. The molecule has 0 spiro atoms. The monoisotopic (exact) mass is 634 g/mol. The molecule has 0 aliphatic carbocycles. The zero-order chi connectivity index (χ0) is 31.6. The minimum atomic E-state index is -3.15. The zero-order valence-electron chi connectivity index (χ0n) is 25.7. The first-order valence-electron chi connectivity index (χ1n) is 15.5. The van der Waals surface area contributed by atoms with Gasteiger partial charge in [-0.15, -0.1) is 0 Å². The Morgan fingerprint density at radius 2 is 1.60 bits per heavy atom. The molecule has 5 rings (SSSR count). The minimum absolute atomic E-state index is 0.0599. The number of ketones is 1. The topological polar surface area (TPSA) is 124 Å². The van der Waals surface area contributed by atoms with Crippen LogP contribution in [0.4, 0.5) is 10.5 Å². The number of hydrogen-bond donors (Lipinski definition) is 2. The molecule has 240 valence electrons. The standard InChI is InChI=1S/C33H42N6O5S/c1-45(42,43)39-21-19-38(20-22-39)25-26-11-12-31(35-23-26)32(40)24-34-15-18-37-16-13-28(14-17-37)44-33(41)36-30-10-6-5-9-29(30)27-7-3-2-4-8-27/h2-12,23,28,34H,13-22,24-25H2,1H3,(H,36,41). The van der Waals surface area contributed by atoms with Crippen molar-refractivity contribution in [3.8, 4) is 11.1 Å². The van der Waals surface area contributed by atoms with E-state index in [0.717, 1.165) is 54.9 Å². The molecule has 3 heterocycles. The summed E-state index contributed by atoms with van der Waals surface area (Å²) in [4.78, 5) is 34.2. The van der Waals surface area contributed by atoms with Crippen LogP contribution in [0.1, 0.15) is 28.9 Å². The van der Waals surface area contributed by atoms with Crippen LogP contribution in [0.2, 0.25) is 0 Å². The van der Waals surface area contributed by atoms with Gasteiger partial charge in [0.2, 0.25) is 10.0 Å². The molecule has 0 unspecified atom stereocenters. The molecule has 0 radical (unpaired) electrons. The molecular weight excluding hydrogens is 592 g/mol. The lowest BCUT2D eigenvalue weighted by atomic mass is 10.0. The largest absolute Gasteiger partial charge is 0.446 e. The maximum atomic E-state index is 12.7. The first-order chi connectivity index (χ1) is 21.7. The number of rotatable bonds is 12. The van der Waals surface area contributed by atoms with Gasteiger partial charge < -0.3 is 15.0 Å². The van der Waals surface area contributed by atoms with Crippen molar-refractivity contribution in [2.24, 2.45) is 0 Å². The second-order valence-corrected chi connectivity index (χ2v) is 13.6. The van der Waals surface area contributed by atoms with Crippen LogP contribution in [0.5, 0.6) is 0 Å². The van der Waals surface area contributed by atoms with Gasteiger partial charge in [-0.3, -0.25) is 20.0 Å². The number of piperidine rings is 1. The number of ether oxygens (including phenoxy) is 1. The van der Waals surface area contributed by atoms with Gasteiger partial charge in [0, 0.05) is 70.7 Å². The fourth-order valence-electron chi connectivity index (χ4n) is 5.69. The fourth-order valence-corrected chi connectivity index (χ4v) is 6.52. The Morgan fingerprint density at radius 1 is 0.889 bits per heavy atom. The summed E-state index contributed by atoms with van der Waals surface area (Å²) in [5, 5.41) is 6.15. The number of carbonyl (C=O) groups excluding carboxylic acids is 2. The van der Waals surface area contributed by atoms with Crippen molar-refractivity contribution in [3.63, 3.8) is 0 Å². The summed E-state index contributed by atoms with van der Waals surface area (Å²) in [7, 11) is -3.15. The van der Waals surface area contributed by atoms with Crippen LogP contribution in [0.15, 0.2) is 72.9 Å². The van der Waals surface area contributed by atoms with Gasteiger partial charge in [0.05, 0.1) is 18.5 Å². The average Bonchev–Trinajstić information content (AvgIpc) is 3.04. The summed E-state index contributed by atoms with van der Waals surface area (Å²) < 4.78 is 30.6. The molecule has 1 aromatic heterocycles. The van der Waals surface area contributed by atoms with Crippen LogP contribution in [0.3, 0.4) is 0 Å². The summed E-state index contributed by atoms with van der Waals surface area (Å²) >= 11 is 0. The zero-order valence-corrected chi connectivity index (χ0v) is 26.5. The molecule has 3 aromatic rings. The van der Waals surface area contributed by atoms with Crippen LogP contribution in [-0.4, -0.2) is 111 Å². The SMILES string of the molecule is CS(=O)(=O)N1CCN(Cc2ccc(C(=O)CNCCN3CCC(OC(=O)Nc4ccccc4-c4ccccc4)CC3)nc2)CC1. The van der Waals surface area contributed by atoms with Crippen molar-refractivity contribution in [1.82, 2.24) is 24.4 Å². The van der Waals surface area contributed by atoms with E-state index in [2.05, 4.69) is 25.4 Å². The molecule has 45 heavy (non-hydrogen) atoms. The van der Waals surface area contributed by atoms with Crippen molar-refractivity contribution >= 4 is 27.6 Å². The quantitative estimate of drug-likeness (QED) is 0.228. The van der Waals surface area contributed by atoms with E-state index in [1.807, 2.05) is 60.7 Å². The maximum Gasteiger partial charge on any atom is 0.411 e. The summed E-state index contributed by atoms with van der Waals surface area (Å²) in [5.74, 6) is -0.0599. The number of nitrogens with one attached hydrogen (secondary N) is 2. The second-order valence-electron chi connectivity index (χ2n) is 11.6. The van der Waals surface area contributed by atoms with E-state index in [-0.39, 0.29) is 18.4 Å². The van der Waals surface area contributed by atoms with Crippen molar-refractivity contribution < 1.29 is 22.7 Å². The van der Waals surface area contributed by atoms with Gasteiger partial charge in [-0.1, -0.05) is 54.6 Å². The lowest BCUT2D eigenvalue weighted by Crippen LogP contribution is -2.47. The Bertz CT molecular complexity index is 1520. The lowest BCUT2D eigenvalue weighted by molar-refractivity contribution is 0.0593. The number of pyridine rings is 1. The number of benzene rings is 2. The van der Waals surface area contributed by atoms with Gasteiger partial charge in [0.25, 0.3) is 0 Å². The van der Waals surface area contributed by atoms with E-state index >= 15 is 0 Å². The third-order valence-electron chi connectivity index (χ3n) is 8.26. The predicted octanol–water partition coefficient (Wildman–Crippen LogP) is 3.31. The molecule has 2 aliphatic heterocycles. The van der Waals surface area contributed by atoms with E-state index in [1.54, 1.807) is 12.3 Å². The Kier molecular flexibility index (Phi) is 11.3. The highest BCUT2D eigenvalue weighted by Crippen LogP contribution is 2.28. The number of amides is 1. The van der Waals surface area contributed by atoms with Crippen molar-refractivity contribution in [3.05, 3.63) is 84.2 Å². The second kappa shape index (κ2) is 15.5. The number of Topliss-reactive ketones (excluding diaryl/α,β-unsaturated/α-hetero) is 1. The van der Waals surface area contributed by atoms with Gasteiger partial charge in [0.15, 0.2) is 5.78 Å². The molecule has 2 aromatic carbocycles. The number of anilines is 1. The molecule has 1 amide bonds. The molecule has 2 saturated heterocycles. The summed E-state index contributed by atoms with van der Waals surface area (Å²) in [5.41, 5.74) is 4.12. The minimum Gasteiger partial charge on any atom is -0.446 e. The summed E-state index contributed by atoms with van der Waals surface area (Å²) in [6, 6.07) is 21.3. The Hall–Kier alpha value is -3.68. The van der Waals surface area contributed by atoms with E-state index in [0.29, 0.717) is 45.0 Å². The van der Waals surface area contributed by atoms with Gasteiger partial charge in [-0.2, -0.15) is 4.31 Å². The fraction of sp³-hybridized carbons (Fsp3) is 0.424. The average molecular weight is 635 g/mol. The van der Waals surface area contributed by atoms with Crippen molar-refractivity contribution in [2.45, 2.75) is 25.5 Å². The van der Waals surface area contributed by atoms with E-state index in [4.69, 9.17) is 4.74 Å². The number of piperazine rings is 1. The molecule has 12 heteroatoms. The first kappa shape index (κ1) is 32.7. The molecule has 2 aliphatic rings. The number of para-hydroxylation sites is 1. The Morgan fingerprint density at radius 3 is 2.29 bits per heavy atom. The number of carbonyl (C=O) groups is 2. The van der Waals surface area contributed by atoms with E-state index in [1.165, 1.54) is 10.6 Å². The Balaban J connectivity index is 0.962. The molecule has 2 fully saturated rings.